The third kappa shape index (κ3) is 3.38. The van der Waals surface area contributed by atoms with E-state index >= 15 is 0 Å². The summed E-state index contributed by atoms with van der Waals surface area (Å²) in [4.78, 5) is 33.0. The molecule has 0 aromatic heterocycles. The van der Waals surface area contributed by atoms with Crippen LogP contribution in [0.1, 0.15) is 12.5 Å². The van der Waals surface area contributed by atoms with E-state index in [0.29, 0.717) is 5.69 Å². The summed E-state index contributed by atoms with van der Waals surface area (Å²) in [6, 6.07) is 6.39. The first kappa shape index (κ1) is 12.7. The van der Waals surface area contributed by atoms with Crippen molar-refractivity contribution >= 4 is 29.7 Å². The highest BCUT2D eigenvalue weighted by Gasteiger charge is 2.25. The number of benzene rings is 1. The Morgan fingerprint density at radius 3 is 2.58 bits per heavy atom. The smallest absolute Gasteiger partial charge is 0.326 e. The maximum atomic E-state index is 11.2. The minimum absolute atomic E-state index is 0.0701. The van der Waals surface area contributed by atoms with Crippen LogP contribution in [0.2, 0.25) is 0 Å². The van der Waals surface area contributed by atoms with Crippen LogP contribution in [0.15, 0.2) is 29.4 Å². The first-order valence-electron chi connectivity index (χ1n) is 5.57. The number of hydrogen-bond acceptors (Lipinski definition) is 4. The zero-order valence-electron chi connectivity index (χ0n) is 10.2. The summed E-state index contributed by atoms with van der Waals surface area (Å²) in [6.07, 6.45) is 1.47. The Kier molecular flexibility index (Phi) is 3.56. The highest BCUT2D eigenvalue weighted by molar-refractivity contribution is 6.02. The van der Waals surface area contributed by atoms with Crippen molar-refractivity contribution < 1.29 is 14.4 Å². The van der Waals surface area contributed by atoms with Crippen molar-refractivity contribution in [3.05, 3.63) is 29.8 Å². The molecule has 19 heavy (non-hydrogen) atoms. The molecule has 1 saturated heterocycles. The van der Waals surface area contributed by atoms with Gasteiger partial charge in [0.25, 0.3) is 0 Å². The Hall–Kier alpha value is -2.70. The Balaban J connectivity index is 2.01. The van der Waals surface area contributed by atoms with Gasteiger partial charge >= 0.3 is 6.03 Å². The quantitative estimate of drug-likeness (QED) is 0.613. The van der Waals surface area contributed by atoms with Crippen molar-refractivity contribution in [1.29, 1.82) is 0 Å². The number of rotatable bonds is 3. The molecule has 98 valence electrons. The molecule has 0 spiro atoms. The van der Waals surface area contributed by atoms with Gasteiger partial charge in [-0.25, -0.2) is 9.80 Å². The van der Waals surface area contributed by atoms with Crippen LogP contribution in [0.3, 0.4) is 0 Å². The number of amides is 4. The summed E-state index contributed by atoms with van der Waals surface area (Å²) in [5.41, 5.74) is 1.43. The van der Waals surface area contributed by atoms with E-state index in [9.17, 15) is 14.4 Å². The Labute approximate surface area is 109 Å². The lowest BCUT2D eigenvalue weighted by molar-refractivity contribution is -0.118. The fourth-order valence-electron chi connectivity index (χ4n) is 1.52. The standard InChI is InChI=1S/C12H12N4O3/c1-8(17)14-10-4-2-9(3-5-10)6-13-16-7-11(18)15-12(16)19/h2-6H,7H2,1H3,(H,14,17)(H,15,18,19). The van der Waals surface area contributed by atoms with Crippen molar-refractivity contribution in [2.75, 3.05) is 11.9 Å². The molecule has 0 bridgehead atoms. The first-order valence-corrected chi connectivity index (χ1v) is 5.57. The number of anilines is 1. The number of hydrazone groups is 1. The lowest BCUT2D eigenvalue weighted by Gasteiger charge is -2.05. The van der Waals surface area contributed by atoms with Crippen LogP contribution in [0.25, 0.3) is 0 Å². The van der Waals surface area contributed by atoms with Crippen molar-refractivity contribution in [2.45, 2.75) is 6.92 Å². The van der Waals surface area contributed by atoms with Crippen LogP contribution in [0.5, 0.6) is 0 Å². The molecule has 0 atom stereocenters. The minimum Gasteiger partial charge on any atom is -0.326 e. The average molecular weight is 260 g/mol. The van der Waals surface area contributed by atoms with E-state index in [1.807, 2.05) is 0 Å². The van der Waals surface area contributed by atoms with Crippen molar-refractivity contribution in [2.24, 2.45) is 5.10 Å². The van der Waals surface area contributed by atoms with E-state index in [-0.39, 0.29) is 18.4 Å². The summed E-state index contributed by atoms with van der Waals surface area (Å²) in [5, 5.41) is 9.71. The van der Waals surface area contributed by atoms with E-state index in [1.165, 1.54) is 13.1 Å². The molecule has 2 rings (SSSR count). The van der Waals surface area contributed by atoms with Gasteiger partial charge in [-0.1, -0.05) is 12.1 Å². The fraction of sp³-hybridized carbons (Fsp3) is 0.167. The number of carbonyl (C=O) groups is 3. The second-order valence-electron chi connectivity index (χ2n) is 3.96. The van der Waals surface area contributed by atoms with Crippen LogP contribution in [-0.2, 0) is 9.59 Å². The van der Waals surface area contributed by atoms with Gasteiger partial charge in [0.2, 0.25) is 11.8 Å². The summed E-state index contributed by atoms with van der Waals surface area (Å²) in [7, 11) is 0. The molecular weight excluding hydrogens is 248 g/mol. The van der Waals surface area contributed by atoms with Crippen molar-refractivity contribution in [1.82, 2.24) is 10.3 Å². The minimum atomic E-state index is -0.531. The normalized spacial score (nSPS) is 14.9. The summed E-state index contributed by atoms with van der Waals surface area (Å²) < 4.78 is 0. The summed E-state index contributed by atoms with van der Waals surface area (Å²) in [6.45, 7) is 1.36. The molecule has 1 fully saturated rings. The SMILES string of the molecule is CC(=O)Nc1ccc(C=NN2CC(=O)NC2=O)cc1. The molecule has 1 aromatic rings. The zero-order valence-corrected chi connectivity index (χ0v) is 10.2. The number of carbonyl (C=O) groups excluding carboxylic acids is 3. The Bertz CT molecular complexity index is 551. The molecule has 0 saturated carbocycles. The topological polar surface area (TPSA) is 90.9 Å². The third-order valence-electron chi connectivity index (χ3n) is 2.35. The molecule has 4 amide bonds. The predicted molar refractivity (Wildman–Crippen MR) is 68.6 cm³/mol. The maximum Gasteiger partial charge on any atom is 0.344 e. The molecule has 2 N–H and O–H groups in total. The van der Waals surface area contributed by atoms with Crippen LogP contribution < -0.4 is 10.6 Å². The first-order chi connectivity index (χ1) is 9.04. The van der Waals surface area contributed by atoms with E-state index in [4.69, 9.17) is 0 Å². The Morgan fingerprint density at radius 1 is 1.37 bits per heavy atom. The van der Waals surface area contributed by atoms with Crippen LogP contribution in [0.4, 0.5) is 10.5 Å². The van der Waals surface area contributed by atoms with Gasteiger partial charge in [-0.15, -0.1) is 0 Å². The molecule has 1 aromatic carbocycles. The van der Waals surface area contributed by atoms with Gasteiger partial charge in [-0.3, -0.25) is 14.9 Å². The third-order valence-corrected chi connectivity index (χ3v) is 2.35. The number of nitrogens with zero attached hydrogens (tertiary/aromatic N) is 2. The van der Waals surface area contributed by atoms with Crippen LogP contribution in [0, 0.1) is 0 Å². The second kappa shape index (κ2) is 5.30. The molecule has 0 aliphatic carbocycles. The lowest BCUT2D eigenvalue weighted by Crippen LogP contribution is -2.24. The fourth-order valence-corrected chi connectivity index (χ4v) is 1.52. The van der Waals surface area contributed by atoms with Gasteiger partial charge in [-0.05, 0) is 17.7 Å². The summed E-state index contributed by atoms with van der Waals surface area (Å²) >= 11 is 0. The summed E-state index contributed by atoms with van der Waals surface area (Å²) in [5.74, 6) is -0.517. The molecule has 0 radical (unpaired) electrons. The molecule has 7 heteroatoms. The van der Waals surface area contributed by atoms with E-state index < -0.39 is 6.03 Å². The molecular formula is C12H12N4O3. The lowest BCUT2D eigenvalue weighted by atomic mass is 10.2. The Morgan fingerprint density at radius 2 is 2.05 bits per heavy atom. The van der Waals surface area contributed by atoms with E-state index in [1.54, 1.807) is 24.3 Å². The predicted octanol–water partition coefficient (Wildman–Crippen LogP) is 0.531. The van der Waals surface area contributed by atoms with E-state index in [2.05, 4.69) is 15.7 Å². The van der Waals surface area contributed by atoms with Crippen LogP contribution in [-0.4, -0.2) is 35.6 Å². The number of hydrogen-bond donors (Lipinski definition) is 2. The van der Waals surface area contributed by atoms with Gasteiger partial charge in [0, 0.05) is 12.6 Å². The average Bonchev–Trinajstić information content (AvgIpc) is 2.66. The van der Waals surface area contributed by atoms with Gasteiger partial charge in [-0.2, -0.15) is 5.10 Å². The van der Waals surface area contributed by atoms with Gasteiger partial charge in [0.15, 0.2) is 0 Å². The van der Waals surface area contributed by atoms with Crippen molar-refractivity contribution in [3.8, 4) is 0 Å². The van der Waals surface area contributed by atoms with E-state index in [0.717, 1.165) is 10.6 Å². The molecule has 7 nitrogen and oxygen atoms in total. The molecule has 1 aliphatic heterocycles. The number of nitrogens with one attached hydrogen (secondary N) is 2. The van der Waals surface area contributed by atoms with Crippen LogP contribution >= 0.6 is 0 Å². The molecule has 1 aliphatic rings. The number of imide groups is 1. The highest BCUT2D eigenvalue weighted by Crippen LogP contribution is 2.08. The largest absolute Gasteiger partial charge is 0.344 e. The number of urea groups is 1. The highest BCUT2D eigenvalue weighted by atomic mass is 16.2. The second-order valence-corrected chi connectivity index (χ2v) is 3.96. The van der Waals surface area contributed by atoms with Gasteiger partial charge in [0.1, 0.15) is 6.54 Å². The maximum absolute atomic E-state index is 11.2. The van der Waals surface area contributed by atoms with Gasteiger partial charge in [0.05, 0.1) is 6.21 Å². The zero-order chi connectivity index (χ0) is 13.8. The molecule has 0 unspecified atom stereocenters. The van der Waals surface area contributed by atoms with Crippen molar-refractivity contribution in [3.63, 3.8) is 0 Å². The molecule has 1 heterocycles. The monoisotopic (exact) mass is 260 g/mol. The van der Waals surface area contributed by atoms with Gasteiger partial charge < -0.3 is 5.32 Å².